The molecule has 0 spiro atoms. The van der Waals surface area contributed by atoms with Crippen LogP contribution in [0.1, 0.15) is 71.1 Å². The second-order valence-corrected chi connectivity index (χ2v) is 16.2. The molecule has 2 heteroatoms. The van der Waals surface area contributed by atoms with Gasteiger partial charge in [-0.25, -0.2) is 0 Å². The SMILES string of the molecule is CCC1NC2C=CC=CC2N1C1=C2C=CCCC2C(C2C=C(C3C=CC=CC3)C3=C(C4=CC=CC5CC=CC3=C45)C2C2C=CCCC2)CC1. The molecule has 0 bridgehead atoms. The van der Waals surface area contributed by atoms with E-state index in [1.165, 1.54) is 44.9 Å². The van der Waals surface area contributed by atoms with Crippen LogP contribution in [0.5, 0.6) is 0 Å². The van der Waals surface area contributed by atoms with E-state index in [4.69, 9.17) is 0 Å². The first-order valence-electron chi connectivity index (χ1n) is 19.9. The molecule has 10 unspecified atom stereocenters. The maximum atomic E-state index is 3.99. The standard InChI is InChI=1S/C47H52N2/c1-2-43-48-40-25-11-12-26-42(40)49(43)41-28-27-34(33-21-9-10-22-35(33)41)39-29-38(30-15-5-3-6-16-30)46-36-23-13-19-31-20-14-24-37(44(31)36)47(46)45(39)32-17-7-4-8-18-32/h3,5-7,10-15,17,20,22-26,29-34,39-40,42-43,45,48H,2,4,8-9,16,18-19,21,27-28H2,1H3. The molecule has 10 atom stereocenters. The zero-order chi connectivity index (χ0) is 32.5. The molecule has 1 saturated heterocycles. The molecule has 10 rings (SSSR count). The van der Waals surface area contributed by atoms with Crippen molar-refractivity contribution in [2.75, 3.05) is 0 Å². The van der Waals surface area contributed by atoms with Gasteiger partial charge in [-0.3, -0.25) is 5.32 Å². The van der Waals surface area contributed by atoms with E-state index in [-0.39, 0.29) is 0 Å². The lowest BCUT2D eigenvalue weighted by Crippen LogP contribution is -2.43. The predicted molar refractivity (Wildman–Crippen MR) is 203 cm³/mol. The number of hydrogen-bond donors (Lipinski definition) is 1. The zero-order valence-corrected chi connectivity index (χ0v) is 29.2. The molecule has 0 radical (unpaired) electrons. The Morgan fingerprint density at radius 3 is 2.57 bits per heavy atom. The van der Waals surface area contributed by atoms with Gasteiger partial charge < -0.3 is 4.90 Å². The Labute approximate surface area is 294 Å². The van der Waals surface area contributed by atoms with Crippen LogP contribution in [0.3, 0.4) is 0 Å². The molecular formula is C47H52N2. The molecule has 0 amide bonds. The molecule has 250 valence electrons. The summed E-state index contributed by atoms with van der Waals surface area (Å²) in [5.41, 5.74) is 13.1. The maximum Gasteiger partial charge on any atom is 0.0802 e. The Balaban J connectivity index is 1.12. The first kappa shape index (κ1) is 30.2. The molecule has 1 fully saturated rings. The average molecular weight is 645 g/mol. The van der Waals surface area contributed by atoms with Crippen molar-refractivity contribution in [1.29, 1.82) is 0 Å². The van der Waals surface area contributed by atoms with Crippen LogP contribution >= 0.6 is 0 Å². The molecule has 1 heterocycles. The summed E-state index contributed by atoms with van der Waals surface area (Å²) in [5, 5.41) is 3.99. The van der Waals surface area contributed by atoms with Crippen molar-refractivity contribution < 1.29 is 0 Å². The van der Waals surface area contributed by atoms with Gasteiger partial charge in [0.05, 0.1) is 18.2 Å². The smallest absolute Gasteiger partial charge is 0.0802 e. The van der Waals surface area contributed by atoms with Crippen molar-refractivity contribution in [1.82, 2.24) is 10.2 Å². The normalized spacial score (nSPS) is 39.7. The fourth-order valence-corrected chi connectivity index (χ4v) is 11.9. The summed E-state index contributed by atoms with van der Waals surface area (Å²) < 4.78 is 0. The topological polar surface area (TPSA) is 15.3 Å². The van der Waals surface area contributed by atoms with Gasteiger partial charge in [-0.05, 0) is 133 Å². The van der Waals surface area contributed by atoms with Gasteiger partial charge in [-0.1, -0.05) is 116 Å². The largest absolute Gasteiger partial charge is 0.351 e. The van der Waals surface area contributed by atoms with Gasteiger partial charge in [-0.2, -0.15) is 0 Å². The second kappa shape index (κ2) is 12.3. The third-order valence-corrected chi connectivity index (χ3v) is 13.8. The van der Waals surface area contributed by atoms with Crippen LogP contribution in [0.2, 0.25) is 0 Å². The highest BCUT2D eigenvalue weighted by molar-refractivity contribution is 5.77. The fourth-order valence-electron chi connectivity index (χ4n) is 11.9. The van der Waals surface area contributed by atoms with Crippen LogP contribution in [0.25, 0.3) is 0 Å². The van der Waals surface area contributed by atoms with E-state index < -0.39 is 0 Å². The van der Waals surface area contributed by atoms with E-state index in [9.17, 15) is 0 Å². The Morgan fingerprint density at radius 1 is 0.796 bits per heavy atom. The summed E-state index contributed by atoms with van der Waals surface area (Å²) in [4.78, 5) is 2.82. The van der Waals surface area contributed by atoms with E-state index in [1.807, 2.05) is 0 Å². The van der Waals surface area contributed by atoms with Gasteiger partial charge in [0.1, 0.15) is 0 Å². The van der Waals surface area contributed by atoms with E-state index in [1.54, 1.807) is 44.7 Å². The molecule has 0 saturated carbocycles. The Morgan fingerprint density at radius 2 is 1.69 bits per heavy atom. The Kier molecular flexibility index (Phi) is 7.59. The molecule has 0 aromatic carbocycles. The molecule has 2 nitrogen and oxygen atoms in total. The highest BCUT2D eigenvalue weighted by Gasteiger charge is 2.50. The minimum atomic E-state index is 0.403. The third kappa shape index (κ3) is 4.76. The molecule has 49 heavy (non-hydrogen) atoms. The van der Waals surface area contributed by atoms with Crippen LogP contribution in [-0.4, -0.2) is 23.1 Å². The van der Waals surface area contributed by atoms with Crippen LogP contribution < -0.4 is 5.32 Å². The average Bonchev–Trinajstić information content (AvgIpc) is 3.72. The quantitative estimate of drug-likeness (QED) is 0.300. The molecule has 0 aromatic heterocycles. The van der Waals surface area contributed by atoms with E-state index in [0.29, 0.717) is 59.7 Å². The van der Waals surface area contributed by atoms with Gasteiger partial charge in [-0.15, -0.1) is 0 Å². The summed E-state index contributed by atoms with van der Waals surface area (Å²) in [7, 11) is 0. The summed E-state index contributed by atoms with van der Waals surface area (Å²) in [6.07, 6.45) is 57.1. The monoisotopic (exact) mass is 644 g/mol. The highest BCUT2D eigenvalue weighted by atomic mass is 15.4. The Hall–Kier alpha value is -3.62. The summed E-state index contributed by atoms with van der Waals surface area (Å²) in [6.45, 7) is 2.36. The summed E-state index contributed by atoms with van der Waals surface area (Å²) >= 11 is 0. The van der Waals surface area contributed by atoms with E-state index >= 15 is 0 Å². The zero-order valence-electron chi connectivity index (χ0n) is 29.2. The molecule has 0 aromatic rings. The first-order chi connectivity index (χ1) is 24.3. The lowest BCUT2D eigenvalue weighted by atomic mass is 9.57. The fraction of sp³-hybridized carbons (Fsp3) is 0.447. The number of allylic oxidation sites excluding steroid dienone is 24. The predicted octanol–water partition coefficient (Wildman–Crippen LogP) is 10.5. The van der Waals surface area contributed by atoms with Gasteiger partial charge in [0.2, 0.25) is 0 Å². The maximum absolute atomic E-state index is 3.99. The van der Waals surface area contributed by atoms with E-state index in [0.717, 1.165) is 19.3 Å². The molecule has 1 N–H and O–H groups in total. The van der Waals surface area contributed by atoms with Crippen molar-refractivity contribution in [3.8, 4) is 0 Å². The summed E-state index contributed by atoms with van der Waals surface area (Å²) in [5.74, 6) is 3.97. The molecular weight excluding hydrogens is 593 g/mol. The van der Waals surface area contributed by atoms with Crippen molar-refractivity contribution in [2.24, 2.45) is 41.4 Å². The number of nitrogens with one attached hydrogen (secondary N) is 1. The molecule has 9 aliphatic carbocycles. The van der Waals surface area contributed by atoms with Gasteiger partial charge >= 0.3 is 0 Å². The number of nitrogens with zero attached hydrogens (tertiary/aromatic N) is 1. The van der Waals surface area contributed by atoms with Crippen LogP contribution in [0.15, 0.2) is 154 Å². The number of hydrogen-bond acceptors (Lipinski definition) is 2. The van der Waals surface area contributed by atoms with Gasteiger partial charge in [0.25, 0.3) is 0 Å². The number of fused-ring (bicyclic) bond motifs is 4. The summed E-state index contributed by atoms with van der Waals surface area (Å²) in [6, 6.07) is 0.839. The minimum Gasteiger partial charge on any atom is -0.351 e. The second-order valence-electron chi connectivity index (χ2n) is 16.2. The molecule has 1 aliphatic heterocycles. The van der Waals surface area contributed by atoms with Crippen molar-refractivity contribution in [3.63, 3.8) is 0 Å². The van der Waals surface area contributed by atoms with Crippen molar-refractivity contribution in [3.05, 3.63) is 154 Å². The van der Waals surface area contributed by atoms with Crippen LogP contribution in [0, 0.1) is 41.4 Å². The molecule has 10 aliphatic rings. The highest BCUT2D eigenvalue weighted by Crippen LogP contribution is 2.61. The lowest BCUT2D eigenvalue weighted by Gasteiger charge is -2.49. The Bertz CT molecular complexity index is 1820. The van der Waals surface area contributed by atoms with Crippen LogP contribution in [0.4, 0.5) is 0 Å². The minimum absolute atomic E-state index is 0.403. The van der Waals surface area contributed by atoms with Crippen molar-refractivity contribution in [2.45, 2.75) is 89.4 Å². The van der Waals surface area contributed by atoms with E-state index in [2.05, 4.69) is 127 Å². The lowest BCUT2D eigenvalue weighted by molar-refractivity contribution is 0.154. The third-order valence-electron chi connectivity index (χ3n) is 13.8. The first-order valence-corrected chi connectivity index (χ1v) is 19.9. The number of rotatable bonds is 5. The van der Waals surface area contributed by atoms with Crippen molar-refractivity contribution >= 4 is 0 Å². The van der Waals surface area contributed by atoms with Gasteiger partial charge in [0.15, 0.2) is 0 Å². The van der Waals surface area contributed by atoms with Gasteiger partial charge in [0, 0.05) is 17.5 Å². The van der Waals surface area contributed by atoms with Crippen LogP contribution in [-0.2, 0) is 0 Å².